The van der Waals surface area contributed by atoms with Crippen molar-refractivity contribution in [2.75, 3.05) is 31.6 Å². The van der Waals surface area contributed by atoms with E-state index in [1.807, 2.05) is 4.90 Å². The van der Waals surface area contributed by atoms with Crippen molar-refractivity contribution in [3.05, 3.63) is 66.0 Å². The maximum atomic E-state index is 12.5. The van der Waals surface area contributed by atoms with Crippen LogP contribution in [-0.4, -0.2) is 58.9 Å². The van der Waals surface area contributed by atoms with Gasteiger partial charge in [0.15, 0.2) is 0 Å². The Morgan fingerprint density at radius 2 is 2.03 bits per heavy atom. The first kappa shape index (κ1) is 19.4. The van der Waals surface area contributed by atoms with Crippen LogP contribution in [-0.2, 0) is 9.53 Å². The summed E-state index contributed by atoms with van der Waals surface area (Å²) in [6, 6.07) is 12.4. The highest BCUT2D eigenvalue weighted by Gasteiger charge is 2.42. The molecule has 1 fully saturated rings. The number of carboxylic acid groups (broad SMARTS) is 1. The minimum Gasteiger partial charge on any atom is -0.478 e. The number of pyridine rings is 1. The van der Waals surface area contributed by atoms with Crippen LogP contribution in [0.3, 0.4) is 0 Å². The number of nitriles is 1. The Bertz CT molecular complexity index is 1040. The quantitative estimate of drug-likeness (QED) is 0.700. The number of anilines is 1. The molecule has 1 unspecified atom stereocenters. The van der Waals surface area contributed by atoms with E-state index in [0.29, 0.717) is 54.8 Å². The van der Waals surface area contributed by atoms with Crippen LogP contribution < -0.4 is 10.6 Å². The Hall–Kier alpha value is -3.90. The molecule has 30 heavy (non-hydrogen) atoms. The monoisotopic (exact) mass is 404 g/mol. The van der Waals surface area contributed by atoms with E-state index in [-0.39, 0.29) is 0 Å². The van der Waals surface area contributed by atoms with Gasteiger partial charge in [0.1, 0.15) is 0 Å². The zero-order valence-electron chi connectivity index (χ0n) is 16.1. The molecule has 3 N–H and O–H groups in total. The number of ether oxygens (including phenoxy) is 1. The van der Waals surface area contributed by atoms with Crippen molar-refractivity contribution >= 4 is 23.3 Å². The number of benzene rings is 1. The lowest BCUT2D eigenvalue weighted by Gasteiger charge is -2.39. The van der Waals surface area contributed by atoms with Crippen molar-refractivity contribution in [2.45, 2.75) is 5.66 Å². The molecule has 1 saturated heterocycles. The van der Waals surface area contributed by atoms with E-state index in [1.165, 1.54) is 6.08 Å². The lowest BCUT2D eigenvalue weighted by molar-refractivity contribution is -0.141. The van der Waals surface area contributed by atoms with E-state index >= 15 is 0 Å². The van der Waals surface area contributed by atoms with Gasteiger partial charge in [-0.05, 0) is 30.3 Å². The third kappa shape index (κ3) is 3.94. The number of aliphatic carboxylic acids is 1. The van der Waals surface area contributed by atoms with E-state index in [2.05, 4.69) is 26.7 Å². The Kier molecular flexibility index (Phi) is 5.32. The molecule has 9 nitrogen and oxygen atoms in total. The van der Waals surface area contributed by atoms with Gasteiger partial charge in [0.25, 0.3) is 0 Å². The van der Waals surface area contributed by atoms with Crippen LogP contribution in [0.25, 0.3) is 5.70 Å². The molecule has 2 aromatic rings. The van der Waals surface area contributed by atoms with Crippen LogP contribution in [0.1, 0.15) is 11.1 Å². The molecule has 0 amide bonds. The van der Waals surface area contributed by atoms with Gasteiger partial charge in [-0.25, -0.2) is 9.79 Å². The topological polar surface area (TPSA) is 123 Å². The molecule has 2 aliphatic heterocycles. The largest absolute Gasteiger partial charge is 0.478 e. The van der Waals surface area contributed by atoms with E-state index in [4.69, 9.17) is 4.74 Å². The summed E-state index contributed by atoms with van der Waals surface area (Å²) in [7, 11) is 0. The SMILES string of the molecule is N#Cc1cccc(C2=CC(Nc3ccncc3)(C(=O)O)NC(N3CCOCC3)=N2)c1. The van der Waals surface area contributed by atoms with Crippen LogP contribution in [0, 0.1) is 11.3 Å². The summed E-state index contributed by atoms with van der Waals surface area (Å²) in [5.74, 6) is -0.684. The number of nitrogens with one attached hydrogen (secondary N) is 2. The minimum absolute atomic E-state index is 0.433. The molecule has 0 aliphatic carbocycles. The van der Waals surface area contributed by atoms with Crippen molar-refractivity contribution in [3.63, 3.8) is 0 Å². The molecule has 0 spiro atoms. The molecular formula is C21H20N6O3. The maximum Gasteiger partial charge on any atom is 0.354 e. The number of carboxylic acids is 1. The first-order valence-corrected chi connectivity index (χ1v) is 9.44. The number of aromatic nitrogens is 1. The number of guanidine groups is 1. The standard InChI is InChI=1S/C21H20N6O3/c22-14-15-2-1-3-16(12-15)18-13-21(19(28)29,25-17-4-6-23-7-5-17)26-20(24-18)27-8-10-30-11-9-27/h1-7,12-13H,8-11H2,(H,23,25)(H,24,26)(H,28,29). The predicted molar refractivity (Wildman–Crippen MR) is 110 cm³/mol. The zero-order chi connectivity index (χ0) is 21.0. The van der Waals surface area contributed by atoms with Gasteiger partial charge in [-0.2, -0.15) is 5.26 Å². The van der Waals surface area contributed by atoms with Crippen molar-refractivity contribution < 1.29 is 14.6 Å². The second-order valence-electron chi connectivity index (χ2n) is 6.86. The number of morpholine rings is 1. The van der Waals surface area contributed by atoms with Crippen LogP contribution in [0.4, 0.5) is 5.69 Å². The van der Waals surface area contributed by atoms with Gasteiger partial charge < -0.3 is 25.4 Å². The minimum atomic E-state index is -1.64. The van der Waals surface area contributed by atoms with Crippen LogP contribution in [0.2, 0.25) is 0 Å². The molecule has 0 bridgehead atoms. The summed E-state index contributed by atoms with van der Waals surface area (Å²) in [6.45, 7) is 2.23. The molecule has 152 valence electrons. The van der Waals surface area contributed by atoms with Gasteiger partial charge >= 0.3 is 5.97 Å². The second kappa shape index (κ2) is 8.23. The van der Waals surface area contributed by atoms with E-state index < -0.39 is 11.6 Å². The fourth-order valence-electron chi connectivity index (χ4n) is 3.31. The first-order valence-electron chi connectivity index (χ1n) is 9.44. The summed E-state index contributed by atoms with van der Waals surface area (Å²) in [4.78, 5) is 23.1. The van der Waals surface area contributed by atoms with Crippen LogP contribution >= 0.6 is 0 Å². The lowest BCUT2D eigenvalue weighted by atomic mass is 10.0. The molecule has 9 heteroatoms. The second-order valence-corrected chi connectivity index (χ2v) is 6.86. The molecule has 1 atom stereocenters. The first-order chi connectivity index (χ1) is 14.6. The molecule has 3 heterocycles. The Morgan fingerprint density at radius 1 is 1.27 bits per heavy atom. The number of hydrogen-bond donors (Lipinski definition) is 3. The highest BCUT2D eigenvalue weighted by molar-refractivity contribution is 5.99. The highest BCUT2D eigenvalue weighted by Crippen LogP contribution is 2.27. The molecular weight excluding hydrogens is 384 g/mol. The van der Waals surface area contributed by atoms with Crippen molar-refractivity contribution in [3.8, 4) is 6.07 Å². The molecule has 1 aromatic heterocycles. The van der Waals surface area contributed by atoms with Gasteiger partial charge in [-0.3, -0.25) is 4.98 Å². The van der Waals surface area contributed by atoms with Gasteiger partial charge in [0, 0.05) is 36.7 Å². The summed E-state index contributed by atoms with van der Waals surface area (Å²) >= 11 is 0. The summed E-state index contributed by atoms with van der Waals surface area (Å²) in [6.07, 6.45) is 4.69. The predicted octanol–water partition coefficient (Wildman–Crippen LogP) is 1.48. The number of carbonyl (C=O) groups is 1. The van der Waals surface area contributed by atoms with Crippen molar-refractivity contribution in [2.24, 2.45) is 4.99 Å². The lowest BCUT2D eigenvalue weighted by Crippen LogP contribution is -2.64. The molecule has 4 rings (SSSR count). The maximum absolute atomic E-state index is 12.5. The fourth-order valence-corrected chi connectivity index (χ4v) is 3.31. The summed E-state index contributed by atoms with van der Waals surface area (Å²) in [5.41, 5.74) is 0.525. The van der Waals surface area contributed by atoms with E-state index in [9.17, 15) is 15.2 Å². The molecule has 0 saturated carbocycles. The smallest absolute Gasteiger partial charge is 0.354 e. The normalized spacial score (nSPS) is 21.0. The van der Waals surface area contributed by atoms with E-state index in [0.717, 1.165) is 0 Å². The third-order valence-electron chi connectivity index (χ3n) is 4.85. The average molecular weight is 404 g/mol. The molecule has 1 aromatic carbocycles. The number of nitrogens with zero attached hydrogens (tertiary/aromatic N) is 4. The number of aliphatic imine (C=N–C) groups is 1. The van der Waals surface area contributed by atoms with Gasteiger partial charge in [-0.1, -0.05) is 12.1 Å². The number of hydrogen-bond acceptors (Lipinski definition) is 8. The Balaban J connectivity index is 1.80. The Morgan fingerprint density at radius 3 is 2.73 bits per heavy atom. The average Bonchev–Trinajstić information content (AvgIpc) is 2.80. The highest BCUT2D eigenvalue weighted by atomic mass is 16.5. The van der Waals surface area contributed by atoms with Gasteiger partial charge in [-0.15, -0.1) is 0 Å². The number of rotatable bonds is 4. The van der Waals surface area contributed by atoms with Gasteiger partial charge in [0.05, 0.1) is 30.5 Å². The fraction of sp³-hybridized carbons (Fsp3) is 0.238. The zero-order valence-corrected chi connectivity index (χ0v) is 16.1. The van der Waals surface area contributed by atoms with Crippen molar-refractivity contribution in [1.82, 2.24) is 15.2 Å². The van der Waals surface area contributed by atoms with Crippen molar-refractivity contribution in [1.29, 1.82) is 5.26 Å². The molecule has 2 aliphatic rings. The van der Waals surface area contributed by atoms with Gasteiger partial charge in [0.2, 0.25) is 11.6 Å². The van der Waals surface area contributed by atoms with Crippen LogP contribution in [0.5, 0.6) is 0 Å². The summed E-state index contributed by atoms with van der Waals surface area (Å²) in [5, 5.41) is 25.6. The third-order valence-corrected chi connectivity index (χ3v) is 4.85. The Labute approximate surface area is 173 Å². The van der Waals surface area contributed by atoms with E-state index in [1.54, 1.807) is 48.8 Å². The summed E-state index contributed by atoms with van der Waals surface area (Å²) < 4.78 is 5.41. The molecule has 0 radical (unpaired) electrons. The van der Waals surface area contributed by atoms with Crippen LogP contribution in [0.15, 0.2) is 59.9 Å².